The number of aromatic nitrogens is 1. The van der Waals surface area contributed by atoms with Crippen LogP contribution in [0.25, 0.3) is 10.9 Å². The summed E-state index contributed by atoms with van der Waals surface area (Å²) < 4.78 is 7.69. The summed E-state index contributed by atoms with van der Waals surface area (Å²) >= 11 is 6.03. The zero-order valence-electron chi connectivity index (χ0n) is 18.7. The van der Waals surface area contributed by atoms with Crippen LogP contribution in [0.1, 0.15) is 29.3 Å². The van der Waals surface area contributed by atoms with Crippen LogP contribution in [-0.2, 0) is 17.8 Å². The largest absolute Gasteiger partial charge is 0.494 e. The third-order valence-electron chi connectivity index (χ3n) is 5.52. The first-order valence-electron chi connectivity index (χ1n) is 10.9. The van der Waals surface area contributed by atoms with E-state index in [-0.39, 0.29) is 12.3 Å². The Morgan fingerprint density at radius 2 is 1.73 bits per heavy atom. The SMILES string of the molecule is CCOc1ccc(CC(=O)N/N=C\c2c(C)n(Cc3ccc(Cl)cc3)c3ccccc23)cc1. The van der Waals surface area contributed by atoms with Crippen molar-refractivity contribution in [1.29, 1.82) is 0 Å². The number of carbonyl (C=O) groups excluding carboxylic acids is 1. The lowest BCUT2D eigenvalue weighted by atomic mass is 10.1. The van der Waals surface area contributed by atoms with Gasteiger partial charge >= 0.3 is 0 Å². The van der Waals surface area contributed by atoms with Crippen LogP contribution in [0, 0.1) is 6.92 Å². The minimum Gasteiger partial charge on any atom is -0.494 e. The maximum Gasteiger partial charge on any atom is 0.244 e. The van der Waals surface area contributed by atoms with Gasteiger partial charge in [0, 0.05) is 33.7 Å². The van der Waals surface area contributed by atoms with Crippen molar-refractivity contribution in [3.8, 4) is 5.75 Å². The van der Waals surface area contributed by atoms with Gasteiger partial charge in [0.25, 0.3) is 0 Å². The summed E-state index contributed by atoms with van der Waals surface area (Å²) in [4.78, 5) is 12.4. The fraction of sp³-hybridized carbons (Fsp3) is 0.185. The van der Waals surface area contributed by atoms with Crippen LogP contribution in [0.15, 0.2) is 77.9 Å². The number of benzene rings is 3. The molecule has 4 rings (SSSR count). The van der Waals surface area contributed by atoms with Gasteiger partial charge in [0.1, 0.15) is 5.75 Å². The Morgan fingerprint density at radius 3 is 2.45 bits per heavy atom. The average Bonchev–Trinajstić information content (AvgIpc) is 3.08. The fourth-order valence-electron chi connectivity index (χ4n) is 3.86. The van der Waals surface area contributed by atoms with E-state index in [2.05, 4.69) is 34.2 Å². The molecule has 1 amide bonds. The van der Waals surface area contributed by atoms with E-state index in [0.717, 1.165) is 50.6 Å². The highest BCUT2D eigenvalue weighted by molar-refractivity contribution is 6.30. The van der Waals surface area contributed by atoms with E-state index >= 15 is 0 Å². The molecule has 0 radical (unpaired) electrons. The number of rotatable bonds is 8. The normalized spacial score (nSPS) is 11.2. The van der Waals surface area contributed by atoms with Gasteiger partial charge in [-0.3, -0.25) is 4.79 Å². The van der Waals surface area contributed by atoms with Crippen LogP contribution in [0.4, 0.5) is 0 Å². The lowest BCUT2D eigenvalue weighted by Crippen LogP contribution is -2.19. The van der Waals surface area contributed by atoms with Crippen LogP contribution < -0.4 is 10.2 Å². The molecule has 0 aliphatic rings. The van der Waals surface area contributed by atoms with Gasteiger partial charge in [-0.25, -0.2) is 5.43 Å². The van der Waals surface area contributed by atoms with Gasteiger partial charge in [-0.05, 0) is 55.3 Å². The lowest BCUT2D eigenvalue weighted by molar-refractivity contribution is -0.120. The Hall–Kier alpha value is -3.57. The van der Waals surface area contributed by atoms with Crippen molar-refractivity contribution in [3.63, 3.8) is 0 Å². The monoisotopic (exact) mass is 459 g/mol. The molecule has 1 heterocycles. The maximum atomic E-state index is 12.4. The number of fused-ring (bicyclic) bond motifs is 1. The fourth-order valence-corrected chi connectivity index (χ4v) is 3.99. The highest BCUT2D eigenvalue weighted by atomic mass is 35.5. The Labute approximate surface area is 198 Å². The quantitative estimate of drug-likeness (QED) is 0.269. The molecular formula is C27H26ClN3O2. The standard InChI is InChI=1S/C27H26ClN3O2/c1-3-33-23-14-10-20(11-15-23)16-27(32)30-29-17-25-19(2)31(26-7-5-4-6-24(25)26)18-21-8-12-22(28)13-9-21/h4-15,17H,3,16,18H2,1-2H3,(H,30,32)/b29-17-. The minimum absolute atomic E-state index is 0.169. The number of nitrogens with one attached hydrogen (secondary N) is 1. The summed E-state index contributed by atoms with van der Waals surface area (Å²) in [6.45, 7) is 5.35. The van der Waals surface area contributed by atoms with Crippen LogP contribution in [0.2, 0.25) is 5.02 Å². The van der Waals surface area contributed by atoms with Crippen molar-refractivity contribution >= 4 is 34.6 Å². The molecule has 0 atom stereocenters. The first kappa shape index (κ1) is 22.6. The number of halogens is 1. The van der Waals surface area contributed by atoms with Gasteiger partial charge in [-0.2, -0.15) is 5.10 Å². The molecule has 168 valence electrons. The smallest absolute Gasteiger partial charge is 0.244 e. The summed E-state index contributed by atoms with van der Waals surface area (Å²) in [7, 11) is 0. The third-order valence-corrected chi connectivity index (χ3v) is 5.77. The summed E-state index contributed by atoms with van der Waals surface area (Å²) in [5.41, 5.74) is 7.90. The highest BCUT2D eigenvalue weighted by Crippen LogP contribution is 2.26. The summed E-state index contributed by atoms with van der Waals surface area (Å²) in [6.07, 6.45) is 1.98. The predicted octanol–water partition coefficient (Wildman–Crippen LogP) is 5.74. The van der Waals surface area contributed by atoms with Gasteiger partial charge in [0.2, 0.25) is 5.91 Å². The van der Waals surface area contributed by atoms with Gasteiger partial charge in [-0.15, -0.1) is 0 Å². The topological polar surface area (TPSA) is 55.6 Å². The van der Waals surface area contributed by atoms with Gasteiger partial charge in [0.15, 0.2) is 0 Å². The van der Waals surface area contributed by atoms with Crippen molar-refractivity contribution < 1.29 is 9.53 Å². The first-order valence-corrected chi connectivity index (χ1v) is 11.3. The lowest BCUT2D eigenvalue weighted by Gasteiger charge is -2.09. The summed E-state index contributed by atoms with van der Waals surface area (Å²) in [5, 5.41) is 6.06. The summed E-state index contributed by atoms with van der Waals surface area (Å²) in [6, 6.07) is 23.6. The zero-order chi connectivity index (χ0) is 23.2. The van der Waals surface area contributed by atoms with E-state index in [1.54, 1.807) is 6.21 Å². The highest BCUT2D eigenvalue weighted by Gasteiger charge is 2.13. The molecule has 0 unspecified atom stereocenters. The summed E-state index contributed by atoms with van der Waals surface area (Å²) in [5.74, 6) is 0.628. The van der Waals surface area contributed by atoms with E-state index in [1.165, 1.54) is 0 Å². The molecule has 0 aliphatic carbocycles. The first-order chi connectivity index (χ1) is 16.0. The van der Waals surface area contributed by atoms with E-state index in [9.17, 15) is 4.79 Å². The molecule has 0 spiro atoms. The molecule has 0 aliphatic heterocycles. The van der Waals surface area contributed by atoms with E-state index < -0.39 is 0 Å². The molecule has 0 saturated carbocycles. The molecule has 1 N–H and O–H groups in total. The maximum absolute atomic E-state index is 12.4. The van der Waals surface area contributed by atoms with Crippen molar-refractivity contribution in [3.05, 3.63) is 100 Å². The van der Waals surface area contributed by atoms with Gasteiger partial charge in [-0.1, -0.05) is 54.1 Å². The van der Waals surface area contributed by atoms with Gasteiger partial charge < -0.3 is 9.30 Å². The van der Waals surface area contributed by atoms with Crippen LogP contribution in [0.5, 0.6) is 5.75 Å². The van der Waals surface area contributed by atoms with Crippen LogP contribution in [0.3, 0.4) is 0 Å². The third kappa shape index (κ3) is 5.44. The number of amides is 1. The van der Waals surface area contributed by atoms with E-state index in [4.69, 9.17) is 16.3 Å². The average molecular weight is 460 g/mol. The zero-order valence-corrected chi connectivity index (χ0v) is 19.5. The van der Waals surface area contributed by atoms with Crippen molar-refractivity contribution in [2.75, 3.05) is 6.61 Å². The van der Waals surface area contributed by atoms with E-state index in [0.29, 0.717) is 6.61 Å². The van der Waals surface area contributed by atoms with Crippen molar-refractivity contribution in [2.24, 2.45) is 5.10 Å². The molecule has 4 aromatic rings. The number of carbonyl (C=O) groups is 1. The second-order valence-electron chi connectivity index (χ2n) is 7.78. The molecule has 33 heavy (non-hydrogen) atoms. The second-order valence-corrected chi connectivity index (χ2v) is 8.21. The number of hydrogen-bond donors (Lipinski definition) is 1. The molecular weight excluding hydrogens is 434 g/mol. The van der Waals surface area contributed by atoms with Crippen LogP contribution >= 0.6 is 11.6 Å². The number of nitrogens with zero attached hydrogens (tertiary/aromatic N) is 2. The number of hydrogen-bond acceptors (Lipinski definition) is 3. The molecule has 0 bridgehead atoms. The number of hydrazone groups is 1. The Balaban J connectivity index is 1.49. The predicted molar refractivity (Wildman–Crippen MR) is 134 cm³/mol. The Bertz CT molecular complexity index is 1280. The Kier molecular flexibility index (Phi) is 7.10. The second kappa shape index (κ2) is 10.4. The van der Waals surface area contributed by atoms with Crippen molar-refractivity contribution in [2.45, 2.75) is 26.8 Å². The van der Waals surface area contributed by atoms with Crippen molar-refractivity contribution in [1.82, 2.24) is 9.99 Å². The molecule has 0 fully saturated rings. The number of ether oxygens (including phenoxy) is 1. The molecule has 1 aromatic heterocycles. The molecule has 5 nitrogen and oxygen atoms in total. The Morgan fingerprint density at radius 1 is 1.03 bits per heavy atom. The molecule has 0 saturated heterocycles. The van der Waals surface area contributed by atoms with E-state index in [1.807, 2.05) is 67.6 Å². The molecule has 3 aromatic carbocycles. The van der Waals surface area contributed by atoms with Crippen LogP contribution in [-0.4, -0.2) is 23.3 Å². The van der Waals surface area contributed by atoms with Gasteiger partial charge in [0.05, 0.1) is 19.2 Å². The number of para-hydroxylation sites is 1. The molecule has 6 heteroatoms. The minimum atomic E-state index is -0.169.